The summed E-state index contributed by atoms with van der Waals surface area (Å²) >= 11 is 0. The molecular weight excluding hydrogens is 294 g/mol. The van der Waals surface area contributed by atoms with Gasteiger partial charge in [-0.2, -0.15) is 0 Å². The fourth-order valence-corrected chi connectivity index (χ4v) is 2.42. The number of hydrogen-bond acceptors (Lipinski definition) is 3. The highest BCUT2D eigenvalue weighted by Gasteiger charge is 2.49. The number of imide groups is 1. The van der Waals surface area contributed by atoms with E-state index in [2.05, 4.69) is 10.6 Å². The lowest BCUT2D eigenvalue weighted by atomic mass is 9.92. The third-order valence-electron chi connectivity index (χ3n) is 4.32. The zero-order chi connectivity index (χ0) is 17.2. The van der Waals surface area contributed by atoms with Crippen LogP contribution in [0, 0.1) is 5.92 Å². The van der Waals surface area contributed by atoms with Crippen LogP contribution in [0.4, 0.5) is 4.79 Å². The molecule has 0 aromatic heterocycles. The molecule has 4 amide bonds. The standard InChI is InChI=1S/C17H23N3O3/c1-11(2)12(3)18-14(21)10-20-15(22)17(4,19-16(20)23)13-8-6-5-7-9-13/h5-9,11-12H,10H2,1-4H3,(H,18,21)(H,19,23). The third-order valence-corrected chi connectivity index (χ3v) is 4.32. The van der Waals surface area contributed by atoms with E-state index in [4.69, 9.17) is 0 Å². The Bertz CT molecular complexity index is 615. The summed E-state index contributed by atoms with van der Waals surface area (Å²) in [7, 11) is 0. The van der Waals surface area contributed by atoms with Gasteiger partial charge in [0.15, 0.2) is 0 Å². The number of urea groups is 1. The predicted octanol–water partition coefficient (Wildman–Crippen LogP) is 1.61. The Labute approximate surface area is 136 Å². The molecular formula is C17H23N3O3. The summed E-state index contributed by atoms with van der Waals surface area (Å²) in [5.74, 6) is -0.482. The second kappa shape index (κ2) is 6.40. The van der Waals surface area contributed by atoms with Gasteiger partial charge in [0.2, 0.25) is 5.91 Å². The van der Waals surface area contributed by atoms with Crippen molar-refractivity contribution in [3.63, 3.8) is 0 Å². The average molecular weight is 317 g/mol. The second-order valence-corrected chi connectivity index (χ2v) is 6.41. The maximum atomic E-state index is 12.7. The zero-order valence-electron chi connectivity index (χ0n) is 13.9. The van der Waals surface area contributed by atoms with E-state index >= 15 is 0 Å². The molecule has 23 heavy (non-hydrogen) atoms. The summed E-state index contributed by atoms with van der Waals surface area (Å²) < 4.78 is 0. The van der Waals surface area contributed by atoms with Crippen molar-refractivity contribution in [1.29, 1.82) is 0 Å². The maximum Gasteiger partial charge on any atom is 0.325 e. The molecule has 2 unspecified atom stereocenters. The van der Waals surface area contributed by atoms with Crippen LogP contribution in [0.3, 0.4) is 0 Å². The Morgan fingerprint density at radius 2 is 1.83 bits per heavy atom. The van der Waals surface area contributed by atoms with Gasteiger partial charge in [0.1, 0.15) is 12.1 Å². The minimum absolute atomic E-state index is 0.0243. The van der Waals surface area contributed by atoms with Gasteiger partial charge in [-0.3, -0.25) is 14.5 Å². The number of nitrogens with one attached hydrogen (secondary N) is 2. The largest absolute Gasteiger partial charge is 0.352 e. The number of benzene rings is 1. The van der Waals surface area contributed by atoms with E-state index in [-0.39, 0.29) is 24.4 Å². The summed E-state index contributed by atoms with van der Waals surface area (Å²) in [6.07, 6.45) is 0. The first-order chi connectivity index (χ1) is 10.8. The quantitative estimate of drug-likeness (QED) is 0.810. The van der Waals surface area contributed by atoms with Crippen LogP contribution in [-0.2, 0) is 15.1 Å². The van der Waals surface area contributed by atoms with E-state index < -0.39 is 17.5 Å². The third kappa shape index (κ3) is 3.36. The summed E-state index contributed by atoms with van der Waals surface area (Å²) in [6, 6.07) is 8.44. The molecule has 2 N–H and O–H groups in total. The van der Waals surface area contributed by atoms with Crippen molar-refractivity contribution < 1.29 is 14.4 Å². The molecule has 1 aromatic carbocycles. The molecule has 0 bridgehead atoms. The van der Waals surface area contributed by atoms with Gasteiger partial charge in [-0.15, -0.1) is 0 Å². The first-order valence-electron chi connectivity index (χ1n) is 7.74. The highest BCUT2D eigenvalue weighted by molar-refractivity contribution is 6.09. The Kier molecular flexibility index (Phi) is 4.73. The number of nitrogens with zero attached hydrogens (tertiary/aromatic N) is 1. The van der Waals surface area contributed by atoms with Crippen molar-refractivity contribution in [2.24, 2.45) is 5.92 Å². The number of rotatable bonds is 5. The topological polar surface area (TPSA) is 78.5 Å². The van der Waals surface area contributed by atoms with E-state index in [9.17, 15) is 14.4 Å². The molecule has 1 heterocycles. The molecule has 2 atom stereocenters. The fraction of sp³-hybridized carbons (Fsp3) is 0.471. The molecule has 1 aliphatic heterocycles. The number of carbonyl (C=O) groups excluding carboxylic acids is 3. The molecule has 6 heteroatoms. The van der Waals surface area contributed by atoms with Crippen LogP contribution in [0.5, 0.6) is 0 Å². The molecule has 1 saturated heterocycles. The minimum Gasteiger partial charge on any atom is -0.352 e. The van der Waals surface area contributed by atoms with Crippen molar-refractivity contribution in [2.75, 3.05) is 6.54 Å². The Morgan fingerprint density at radius 3 is 2.39 bits per heavy atom. The van der Waals surface area contributed by atoms with Crippen LogP contribution in [0.2, 0.25) is 0 Å². The molecule has 1 aliphatic rings. The van der Waals surface area contributed by atoms with E-state index in [1.54, 1.807) is 31.2 Å². The summed E-state index contributed by atoms with van der Waals surface area (Å²) in [5.41, 5.74) is -0.445. The van der Waals surface area contributed by atoms with Crippen molar-refractivity contribution >= 4 is 17.8 Å². The molecule has 0 aliphatic carbocycles. The molecule has 0 spiro atoms. The molecule has 124 valence electrons. The minimum atomic E-state index is -1.14. The Morgan fingerprint density at radius 1 is 1.22 bits per heavy atom. The van der Waals surface area contributed by atoms with Crippen LogP contribution in [-0.4, -0.2) is 35.3 Å². The van der Waals surface area contributed by atoms with E-state index in [0.29, 0.717) is 5.56 Å². The monoisotopic (exact) mass is 317 g/mol. The molecule has 1 fully saturated rings. The van der Waals surface area contributed by atoms with E-state index in [0.717, 1.165) is 4.90 Å². The number of carbonyl (C=O) groups is 3. The van der Waals surface area contributed by atoms with Crippen LogP contribution in [0.15, 0.2) is 30.3 Å². The molecule has 2 rings (SSSR count). The van der Waals surface area contributed by atoms with Crippen molar-refractivity contribution in [3.8, 4) is 0 Å². The van der Waals surface area contributed by atoms with Crippen LogP contribution in [0.25, 0.3) is 0 Å². The first-order valence-corrected chi connectivity index (χ1v) is 7.74. The zero-order valence-corrected chi connectivity index (χ0v) is 13.9. The van der Waals surface area contributed by atoms with Gasteiger partial charge >= 0.3 is 6.03 Å². The summed E-state index contributed by atoms with van der Waals surface area (Å²) in [4.78, 5) is 37.8. The molecule has 0 saturated carbocycles. The fourth-order valence-electron chi connectivity index (χ4n) is 2.42. The lowest BCUT2D eigenvalue weighted by Gasteiger charge is -2.22. The van der Waals surface area contributed by atoms with Gasteiger partial charge in [0.05, 0.1) is 0 Å². The summed E-state index contributed by atoms with van der Waals surface area (Å²) in [6.45, 7) is 7.25. The first kappa shape index (κ1) is 17.0. The van der Waals surface area contributed by atoms with Gasteiger partial charge in [-0.1, -0.05) is 44.2 Å². The highest BCUT2D eigenvalue weighted by Crippen LogP contribution is 2.28. The molecule has 6 nitrogen and oxygen atoms in total. The Balaban J connectivity index is 2.12. The highest BCUT2D eigenvalue weighted by atomic mass is 16.2. The predicted molar refractivity (Wildman–Crippen MR) is 86.5 cm³/mol. The smallest absolute Gasteiger partial charge is 0.325 e. The summed E-state index contributed by atoms with van der Waals surface area (Å²) in [5, 5.41) is 5.49. The van der Waals surface area contributed by atoms with E-state index in [1.165, 1.54) is 0 Å². The van der Waals surface area contributed by atoms with Crippen LogP contribution in [0.1, 0.15) is 33.3 Å². The number of amides is 4. The van der Waals surface area contributed by atoms with Gasteiger partial charge in [-0.25, -0.2) is 4.79 Å². The van der Waals surface area contributed by atoms with Gasteiger partial charge in [0, 0.05) is 6.04 Å². The molecule has 1 aromatic rings. The number of hydrogen-bond donors (Lipinski definition) is 2. The van der Waals surface area contributed by atoms with E-state index in [1.807, 2.05) is 26.8 Å². The maximum absolute atomic E-state index is 12.7. The lowest BCUT2D eigenvalue weighted by Crippen LogP contribution is -2.45. The normalized spacial score (nSPS) is 22.2. The van der Waals surface area contributed by atoms with Gasteiger partial charge < -0.3 is 10.6 Å². The SMILES string of the molecule is CC(C)C(C)NC(=O)CN1C(=O)NC(C)(c2ccccc2)C1=O. The van der Waals surface area contributed by atoms with Crippen LogP contribution >= 0.6 is 0 Å². The van der Waals surface area contributed by atoms with Crippen molar-refractivity contribution in [3.05, 3.63) is 35.9 Å². The lowest BCUT2D eigenvalue weighted by molar-refractivity contribution is -0.135. The van der Waals surface area contributed by atoms with Crippen molar-refractivity contribution in [2.45, 2.75) is 39.3 Å². The van der Waals surface area contributed by atoms with Gasteiger partial charge in [0.25, 0.3) is 5.91 Å². The van der Waals surface area contributed by atoms with Gasteiger partial charge in [-0.05, 0) is 25.3 Å². The average Bonchev–Trinajstić information content (AvgIpc) is 2.72. The second-order valence-electron chi connectivity index (χ2n) is 6.41. The molecule has 0 radical (unpaired) electrons. The van der Waals surface area contributed by atoms with Crippen molar-refractivity contribution in [1.82, 2.24) is 15.5 Å². The van der Waals surface area contributed by atoms with Crippen LogP contribution < -0.4 is 10.6 Å². The Hall–Kier alpha value is -2.37.